The van der Waals surface area contributed by atoms with E-state index < -0.39 is 10.2 Å². The van der Waals surface area contributed by atoms with Gasteiger partial charge in [-0.05, 0) is 33.2 Å². The van der Waals surface area contributed by atoms with Crippen LogP contribution in [0.3, 0.4) is 0 Å². The van der Waals surface area contributed by atoms with E-state index in [1.54, 1.807) is 4.31 Å². The monoisotopic (exact) mass is 307 g/mol. The summed E-state index contributed by atoms with van der Waals surface area (Å²) in [5.41, 5.74) is 0. The third kappa shape index (κ3) is 5.65. The molecule has 0 aromatic carbocycles. The fourth-order valence-corrected chi connectivity index (χ4v) is 4.01. The zero-order valence-electron chi connectivity index (χ0n) is 12.9. The van der Waals surface area contributed by atoms with Gasteiger partial charge in [0.2, 0.25) is 0 Å². The molecule has 1 saturated heterocycles. The first-order valence-corrected chi connectivity index (χ1v) is 9.04. The number of nitrogens with zero attached hydrogens (tertiary/aromatic N) is 1. The van der Waals surface area contributed by atoms with Crippen molar-refractivity contribution >= 4 is 10.2 Å². The van der Waals surface area contributed by atoms with E-state index in [9.17, 15) is 8.42 Å². The van der Waals surface area contributed by atoms with Crippen LogP contribution in [0.15, 0.2) is 0 Å². The summed E-state index contributed by atoms with van der Waals surface area (Å²) in [4.78, 5) is 0. The Labute approximate surface area is 123 Å². The molecule has 7 heteroatoms. The van der Waals surface area contributed by atoms with Gasteiger partial charge in [-0.3, -0.25) is 0 Å². The Morgan fingerprint density at radius 2 is 2.10 bits per heavy atom. The van der Waals surface area contributed by atoms with Crippen LogP contribution in [0.25, 0.3) is 0 Å². The zero-order valence-corrected chi connectivity index (χ0v) is 13.7. The van der Waals surface area contributed by atoms with Crippen LogP contribution in [0.1, 0.15) is 40.0 Å². The predicted molar refractivity (Wildman–Crippen MR) is 80.9 cm³/mol. The molecule has 6 nitrogen and oxygen atoms in total. The molecule has 0 saturated carbocycles. The number of likely N-dealkylation sites (N-methyl/N-ethyl adjacent to an activating group) is 1. The van der Waals surface area contributed by atoms with Crippen molar-refractivity contribution in [2.24, 2.45) is 0 Å². The highest BCUT2D eigenvalue weighted by molar-refractivity contribution is 7.87. The molecule has 0 aliphatic carbocycles. The average molecular weight is 307 g/mol. The molecule has 0 aromatic rings. The lowest BCUT2D eigenvalue weighted by Crippen LogP contribution is -2.53. The average Bonchev–Trinajstić information content (AvgIpc) is 2.44. The van der Waals surface area contributed by atoms with Crippen molar-refractivity contribution in [3.63, 3.8) is 0 Å². The Bertz CT molecular complexity index is 362. The van der Waals surface area contributed by atoms with Gasteiger partial charge in [-0.15, -0.1) is 0 Å². The van der Waals surface area contributed by atoms with Gasteiger partial charge < -0.3 is 10.1 Å². The second kappa shape index (κ2) is 8.94. The topological polar surface area (TPSA) is 70.7 Å². The molecule has 0 bridgehead atoms. The summed E-state index contributed by atoms with van der Waals surface area (Å²) in [5.74, 6) is 0. The van der Waals surface area contributed by atoms with Crippen LogP contribution in [-0.4, -0.2) is 57.7 Å². The Morgan fingerprint density at radius 3 is 2.75 bits per heavy atom. The van der Waals surface area contributed by atoms with E-state index in [-0.39, 0.29) is 12.1 Å². The maximum atomic E-state index is 12.4. The Balaban J connectivity index is 2.57. The molecule has 0 amide bonds. The molecular weight excluding hydrogens is 278 g/mol. The third-order valence-electron chi connectivity index (χ3n) is 3.52. The fourth-order valence-electron chi connectivity index (χ4n) is 2.45. The van der Waals surface area contributed by atoms with Crippen LogP contribution >= 0.6 is 0 Å². The van der Waals surface area contributed by atoms with Crippen molar-refractivity contribution in [3.8, 4) is 0 Å². The molecule has 0 spiro atoms. The maximum absolute atomic E-state index is 12.4. The molecule has 2 atom stereocenters. The standard InChI is InChI=1S/C13H29N3O3S/c1-4-14-11-13-8-6-7-9-16(13)20(17,18)15-10-12(3)19-5-2/h12-15H,4-11H2,1-3H3. The van der Waals surface area contributed by atoms with Gasteiger partial charge in [0.1, 0.15) is 0 Å². The lowest BCUT2D eigenvalue weighted by Gasteiger charge is -2.35. The molecule has 2 N–H and O–H groups in total. The van der Waals surface area contributed by atoms with Gasteiger partial charge >= 0.3 is 0 Å². The van der Waals surface area contributed by atoms with E-state index in [0.29, 0.717) is 19.7 Å². The highest BCUT2D eigenvalue weighted by atomic mass is 32.2. The van der Waals surface area contributed by atoms with E-state index in [2.05, 4.69) is 10.0 Å². The van der Waals surface area contributed by atoms with Gasteiger partial charge in [-0.25, -0.2) is 0 Å². The normalized spacial score (nSPS) is 22.9. The summed E-state index contributed by atoms with van der Waals surface area (Å²) >= 11 is 0. The first kappa shape index (κ1) is 17.8. The van der Waals surface area contributed by atoms with Crippen LogP contribution in [0, 0.1) is 0 Å². The summed E-state index contributed by atoms with van der Waals surface area (Å²) in [5, 5.41) is 3.25. The Morgan fingerprint density at radius 1 is 1.35 bits per heavy atom. The van der Waals surface area contributed by atoms with Crippen molar-refractivity contribution in [2.45, 2.75) is 52.2 Å². The van der Waals surface area contributed by atoms with E-state index >= 15 is 0 Å². The minimum absolute atomic E-state index is 0.0589. The molecule has 2 unspecified atom stereocenters. The van der Waals surface area contributed by atoms with Gasteiger partial charge in [-0.1, -0.05) is 13.3 Å². The van der Waals surface area contributed by atoms with E-state index in [1.165, 1.54) is 0 Å². The number of ether oxygens (including phenoxy) is 1. The minimum Gasteiger partial charge on any atom is -0.377 e. The van der Waals surface area contributed by atoms with E-state index in [4.69, 9.17) is 4.74 Å². The number of nitrogens with one attached hydrogen (secondary N) is 2. The number of hydrogen-bond acceptors (Lipinski definition) is 4. The van der Waals surface area contributed by atoms with Gasteiger partial charge in [0.25, 0.3) is 10.2 Å². The molecule has 0 aromatic heterocycles. The molecule has 1 fully saturated rings. The van der Waals surface area contributed by atoms with Crippen molar-refractivity contribution in [1.29, 1.82) is 0 Å². The SMILES string of the molecule is CCNCC1CCCCN1S(=O)(=O)NCC(C)OCC. The lowest BCUT2D eigenvalue weighted by atomic mass is 10.1. The second-order valence-corrected chi connectivity index (χ2v) is 6.90. The summed E-state index contributed by atoms with van der Waals surface area (Å²) in [6, 6.07) is 0.0589. The maximum Gasteiger partial charge on any atom is 0.279 e. The Hall–Kier alpha value is -0.210. The van der Waals surface area contributed by atoms with Crippen molar-refractivity contribution < 1.29 is 13.2 Å². The molecule has 120 valence electrons. The molecule has 0 radical (unpaired) electrons. The molecule has 1 aliphatic heterocycles. The van der Waals surface area contributed by atoms with Crippen LogP contribution < -0.4 is 10.0 Å². The van der Waals surface area contributed by atoms with Crippen LogP contribution in [-0.2, 0) is 14.9 Å². The van der Waals surface area contributed by atoms with Gasteiger partial charge in [-0.2, -0.15) is 17.4 Å². The van der Waals surface area contributed by atoms with E-state index in [1.807, 2.05) is 20.8 Å². The second-order valence-electron chi connectivity index (χ2n) is 5.19. The summed E-state index contributed by atoms with van der Waals surface area (Å²) < 4.78 is 34.4. The Kier molecular flexibility index (Phi) is 7.98. The largest absolute Gasteiger partial charge is 0.377 e. The van der Waals surface area contributed by atoms with Crippen molar-refractivity contribution in [2.75, 3.05) is 32.8 Å². The number of hydrogen-bond donors (Lipinski definition) is 2. The summed E-state index contributed by atoms with van der Waals surface area (Å²) in [6.07, 6.45) is 2.85. The summed E-state index contributed by atoms with van der Waals surface area (Å²) in [6.45, 7) is 8.91. The molecule has 1 heterocycles. The zero-order chi connectivity index (χ0) is 15.0. The molecule has 1 rings (SSSR count). The highest BCUT2D eigenvalue weighted by Crippen LogP contribution is 2.19. The van der Waals surface area contributed by atoms with Crippen molar-refractivity contribution in [3.05, 3.63) is 0 Å². The minimum atomic E-state index is -3.41. The predicted octanol–water partition coefficient (Wildman–Crippen LogP) is 0.710. The first-order valence-electron chi connectivity index (χ1n) is 7.60. The summed E-state index contributed by atoms with van der Waals surface area (Å²) in [7, 11) is -3.41. The lowest BCUT2D eigenvalue weighted by molar-refractivity contribution is 0.0794. The first-order chi connectivity index (χ1) is 9.51. The van der Waals surface area contributed by atoms with E-state index in [0.717, 1.165) is 32.4 Å². The van der Waals surface area contributed by atoms with Gasteiger partial charge in [0, 0.05) is 32.3 Å². The van der Waals surface area contributed by atoms with Crippen LogP contribution in [0.4, 0.5) is 0 Å². The fraction of sp³-hybridized carbons (Fsp3) is 1.00. The number of rotatable bonds is 9. The van der Waals surface area contributed by atoms with Crippen molar-refractivity contribution in [1.82, 2.24) is 14.3 Å². The quantitative estimate of drug-likeness (QED) is 0.658. The highest BCUT2D eigenvalue weighted by Gasteiger charge is 2.31. The smallest absolute Gasteiger partial charge is 0.279 e. The molecule has 1 aliphatic rings. The van der Waals surface area contributed by atoms with Gasteiger partial charge in [0.05, 0.1) is 6.10 Å². The van der Waals surface area contributed by atoms with Crippen LogP contribution in [0.5, 0.6) is 0 Å². The molecule has 20 heavy (non-hydrogen) atoms. The van der Waals surface area contributed by atoms with Gasteiger partial charge in [0.15, 0.2) is 0 Å². The molecular formula is C13H29N3O3S. The number of piperidine rings is 1. The van der Waals surface area contributed by atoms with Crippen LogP contribution in [0.2, 0.25) is 0 Å². The third-order valence-corrected chi connectivity index (χ3v) is 5.15.